The summed E-state index contributed by atoms with van der Waals surface area (Å²) < 4.78 is 16.6. The third kappa shape index (κ3) is 2.45. The maximum Gasteiger partial charge on any atom is 0.130 e. The van der Waals surface area contributed by atoms with Gasteiger partial charge < -0.3 is 5.11 Å². The predicted molar refractivity (Wildman–Crippen MR) is 82.9 cm³/mol. The Kier molecular flexibility index (Phi) is 3.66. The predicted octanol–water partition coefficient (Wildman–Crippen LogP) is 5.60. The van der Waals surface area contributed by atoms with Crippen molar-refractivity contribution in [1.29, 1.82) is 0 Å². The van der Waals surface area contributed by atoms with Gasteiger partial charge in [-0.2, -0.15) is 0 Å². The lowest BCUT2D eigenvalue weighted by atomic mass is 10.1. The van der Waals surface area contributed by atoms with Crippen LogP contribution < -0.4 is 0 Å². The second-order valence-corrected chi connectivity index (χ2v) is 7.31. The van der Waals surface area contributed by atoms with E-state index in [0.717, 1.165) is 14.3 Å². The minimum Gasteiger partial charge on any atom is -0.383 e. The van der Waals surface area contributed by atoms with Gasteiger partial charge >= 0.3 is 0 Å². The van der Waals surface area contributed by atoms with E-state index in [2.05, 4.69) is 15.9 Å². The molecule has 0 spiro atoms. The Morgan fingerprint density at radius 2 is 2.05 bits per heavy atom. The van der Waals surface area contributed by atoms with Gasteiger partial charge in [0.2, 0.25) is 0 Å². The molecule has 6 heteroatoms. The fourth-order valence-electron chi connectivity index (χ4n) is 1.82. The van der Waals surface area contributed by atoms with Crippen molar-refractivity contribution in [3.05, 3.63) is 55.4 Å². The summed E-state index contributed by atoms with van der Waals surface area (Å²) in [5.74, 6) is -0.472. The van der Waals surface area contributed by atoms with Gasteiger partial charge in [0.1, 0.15) is 11.9 Å². The van der Waals surface area contributed by atoms with Crippen molar-refractivity contribution in [2.24, 2.45) is 0 Å². The van der Waals surface area contributed by atoms with Crippen LogP contribution >= 0.6 is 50.2 Å². The molecule has 3 aromatic rings. The van der Waals surface area contributed by atoms with Crippen molar-refractivity contribution in [3.63, 3.8) is 0 Å². The molecule has 1 atom stereocenters. The second-order valence-electron chi connectivity index (χ2n) is 3.99. The Morgan fingerprint density at radius 3 is 2.79 bits per heavy atom. The van der Waals surface area contributed by atoms with E-state index in [9.17, 15) is 9.50 Å². The molecule has 0 radical (unpaired) electrons. The van der Waals surface area contributed by atoms with Crippen LogP contribution in [0.5, 0.6) is 0 Å². The average molecular weight is 378 g/mol. The van der Waals surface area contributed by atoms with Gasteiger partial charge in [-0.1, -0.05) is 11.6 Å². The van der Waals surface area contributed by atoms with E-state index in [4.69, 9.17) is 11.6 Å². The molecule has 19 heavy (non-hydrogen) atoms. The van der Waals surface area contributed by atoms with Gasteiger partial charge in [-0.3, -0.25) is 0 Å². The average Bonchev–Trinajstić information content (AvgIpc) is 2.93. The van der Waals surface area contributed by atoms with E-state index in [0.29, 0.717) is 9.50 Å². The summed E-state index contributed by atoms with van der Waals surface area (Å²) in [5.41, 5.74) is 0.196. The molecule has 1 N–H and O–H groups in total. The molecule has 2 aromatic heterocycles. The Morgan fingerprint density at radius 1 is 1.26 bits per heavy atom. The molecule has 98 valence electrons. The molecule has 0 amide bonds. The molecule has 3 rings (SSSR count). The van der Waals surface area contributed by atoms with Gasteiger partial charge in [-0.25, -0.2) is 4.39 Å². The van der Waals surface area contributed by atoms with Crippen molar-refractivity contribution in [2.75, 3.05) is 0 Å². The topological polar surface area (TPSA) is 20.2 Å². The molecule has 1 nitrogen and oxygen atoms in total. The van der Waals surface area contributed by atoms with Crippen molar-refractivity contribution in [1.82, 2.24) is 0 Å². The molecule has 1 unspecified atom stereocenters. The van der Waals surface area contributed by atoms with E-state index in [-0.39, 0.29) is 5.56 Å². The van der Waals surface area contributed by atoms with Crippen molar-refractivity contribution in [2.45, 2.75) is 6.10 Å². The Balaban J connectivity index is 2.06. The Labute approximate surface area is 130 Å². The van der Waals surface area contributed by atoms with Crippen molar-refractivity contribution in [3.8, 4) is 0 Å². The van der Waals surface area contributed by atoms with Crippen LogP contribution in [0.4, 0.5) is 4.39 Å². The largest absolute Gasteiger partial charge is 0.383 e. The first-order valence-corrected chi connectivity index (χ1v) is 8.22. The zero-order valence-corrected chi connectivity index (χ0v) is 13.3. The van der Waals surface area contributed by atoms with Gasteiger partial charge in [0, 0.05) is 24.3 Å². The van der Waals surface area contributed by atoms with Crippen LogP contribution in [-0.2, 0) is 0 Å². The lowest BCUT2D eigenvalue weighted by Gasteiger charge is -2.11. The van der Waals surface area contributed by atoms with E-state index in [1.807, 2.05) is 17.5 Å². The molecule has 0 bridgehead atoms. The molecule has 0 fully saturated rings. The van der Waals surface area contributed by atoms with Gasteiger partial charge in [-0.05, 0) is 45.6 Å². The summed E-state index contributed by atoms with van der Waals surface area (Å²) in [6.07, 6.45) is -0.991. The van der Waals surface area contributed by atoms with Crippen LogP contribution in [0.15, 0.2) is 34.1 Å². The number of rotatable bonds is 2. The first kappa shape index (κ1) is 13.5. The number of hydrogen-bond acceptors (Lipinski definition) is 3. The van der Waals surface area contributed by atoms with Gasteiger partial charge in [-0.15, -0.1) is 22.7 Å². The molecule has 2 heterocycles. The molecule has 0 saturated carbocycles. The van der Waals surface area contributed by atoms with Gasteiger partial charge in [0.05, 0.1) is 5.02 Å². The molecule has 0 aliphatic rings. The summed E-state index contributed by atoms with van der Waals surface area (Å²) in [6.45, 7) is 0. The quantitative estimate of drug-likeness (QED) is 0.576. The van der Waals surface area contributed by atoms with Crippen LogP contribution in [0.1, 0.15) is 16.5 Å². The summed E-state index contributed by atoms with van der Waals surface area (Å²) in [5, 5.41) is 12.7. The first-order valence-electron chi connectivity index (χ1n) is 5.35. The summed E-state index contributed by atoms with van der Waals surface area (Å²) in [7, 11) is 0. The standard InChI is InChI=1S/C13H7BrClFOS2/c14-7-4-9(16)6(3-8(7)15)13(17)12-5-11-10(19-12)1-2-18-11/h1-5,13,17H. The third-order valence-corrected chi connectivity index (χ3v) is 6.10. The van der Waals surface area contributed by atoms with Crippen molar-refractivity contribution < 1.29 is 9.50 Å². The number of benzene rings is 1. The summed E-state index contributed by atoms with van der Waals surface area (Å²) >= 11 is 12.2. The normalized spacial score (nSPS) is 13.1. The minimum absolute atomic E-state index is 0.196. The number of thiophene rings is 2. The lowest BCUT2D eigenvalue weighted by molar-refractivity contribution is 0.219. The minimum atomic E-state index is -0.991. The summed E-state index contributed by atoms with van der Waals surface area (Å²) in [4.78, 5) is 0.721. The van der Waals surface area contributed by atoms with E-state index >= 15 is 0 Å². The SMILES string of the molecule is OC(c1cc2sccc2s1)c1cc(Cl)c(Br)cc1F. The Bertz CT molecular complexity index is 724. The van der Waals surface area contributed by atoms with Crippen LogP contribution in [0, 0.1) is 5.82 Å². The highest BCUT2D eigenvalue weighted by Gasteiger charge is 2.19. The van der Waals surface area contributed by atoms with Gasteiger partial charge in [0.15, 0.2) is 0 Å². The van der Waals surface area contributed by atoms with Crippen LogP contribution in [0.3, 0.4) is 0 Å². The maximum absolute atomic E-state index is 13.9. The van der Waals surface area contributed by atoms with Gasteiger partial charge in [0.25, 0.3) is 0 Å². The highest BCUT2D eigenvalue weighted by Crippen LogP contribution is 2.38. The zero-order chi connectivity index (χ0) is 13.6. The number of hydrogen-bond donors (Lipinski definition) is 1. The van der Waals surface area contributed by atoms with Crippen LogP contribution in [0.25, 0.3) is 9.40 Å². The smallest absolute Gasteiger partial charge is 0.130 e. The monoisotopic (exact) mass is 376 g/mol. The molecule has 1 aromatic carbocycles. The van der Waals surface area contributed by atoms with E-state index in [1.54, 1.807) is 11.3 Å². The fourth-order valence-corrected chi connectivity index (χ4v) is 4.43. The number of aliphatic hydroxyl groups excluding tert-OH is 1. The van der Waals surface area contributed by atoms with Crippen molar-refractivity contribution >= 4 is 59.6 Å². The molecule has 0 aliphatic heterocycles. The number of fused-ring (bicyclic) bond motifs is 1. The number of aliphatic hydroxyl groups is 1. The molecular weight excluding hydrogens is 371 g/mol. The zero-order valence-electron chi connectivity index (χ0n) is 9.36. The fraction of sp³-hybridized carbons (Fsp3) is 0.0769. The molecule has 0 saturated heterocycles. The highest BCUT2D eigenvalue weighted by atomic mass is 79.9. The van der Waals surface area contributed by atoms with E-state index in [1.165, 1.54) is 23.5 Å². The number of halogens is 3. The third-order valence-electron chi connectivity index (χ3n) is 2.76. The van der Waals surface area contributed by atoms with E-state index < -0.39 is 11.9 Å². The summed E-state index contributed by atoms with van der Waals surface area (Å²) in [6, 6.07) is 6.62. The Hall–Kier alpha value is -0.460. The second kappa shape index (κ2) is 5.14. The first-order chi connectivity index (χ1) is 9.06. The highest BCUT2D eigenvalue weighted by molar-refractivity contribution is 9.10. The maximum atomic E-state index is 13.9. The van der Waals surface area contributed by atoms with Crippen LogP contribution in [0.2, 0.25) is 5.02 Å². The molecule has 0 aliphatic carbocycles. The van der Waals surface area contributed by atoms with Crippen LogP contribution in [-0.4, -0.2) is 5.11 Å². The lowest BCUT2D eigenvalue weighted by Crippen LogP contribution is -2.00. The molecular formula is C13H7BrClFOS2.